The molecule has 3 aromatic carbocycles. The van der Waals surface area contributed by atoms with Gasteiger partial charge in [0.25, 0.3) is 0 Å². The summed E-state index contributed by atoms with van der Waals surface area (Å²) in [7, 11) is 1.43. The number of benzene rings is 3. The molecule has 0 spiro atoms. The van der Waals surface area contributed by atoms with Crippen molar-refractivity contribution in [3.63, 3.8) is 0 Å². The largest absolute Gasteiger partial charge is 0.503 e. The van der Waals surface area contributed by atoms with Crippen LogP contribution in [0.15, 0.2) is 64.7 Å². The Kier molecular flexibility index (Phi) is 7.57. The van der Waals surface area contributed by atoms with Crippen LogP contribution in [0.4, 0.5) is 11.4 Å². The van der Waals surface area contributed by atoms with Crippen molar-refractivity contribution >= 4 is 74.1 Å². The molecule has 11 heteroatoms. The van der Waals surface area contributed by atoms with E-state index in [0.29, 0.717) is 37.9 Å². The number of hydrogen-bond donors (Lipinski definition) is 1. The molecule has 8 nitrogen and oxygen atoms in total. The summed E-state index contributed by atoms with van der Waals surface area (Å²) in [6.45, 7) is 3.69. The van der Waals surface area contributed by atoms with Crippen molar-refractivity contribution in [1.82, 2.24) is 0 Å². The molecule has 1 saturated carbocycles. The van der Waals surface area contributed by atoms with Gasteiger partial charge >= 0.3 is 0 Å². The average molecular weight is 724 g/mol. The molecule has 1 N–H and O–H groups in total. The van der Waals surface area contributed by atoms with Crippen LogP contribution >= 0.6 is 39.1 Å². The molecule has 3 fully saturated rings. The number of phenols is 1. The van der Waals surface area contributed by atoms with Gasteiger partial charge in [-0.25, -0.2) is 9.80 Å². The first-order valence-corrected chi connectivity index (χ1v) is 16.5. The number of carbonyl (C=O) groups excluding carboxylic acids is 4. The van der Waals surface area contributed by atoms with Crippen LogP contribution in [0.1, 0.15) is 35.4 Å². The fourth-order valence-corrected chi connectivity index (χ4v) is 8.65. The highest BCUT2D eigenvalue weighted by atomic mass is 79.9. The summed E-state index contributed by atoms with van der Waals surface area (Å²) in [4.78, 5) is 59.1. The number of nitrogens with zero attached hydrogens (tertiary/aromatic N) is 2. The van der Waals surface area contributed by atoms with Crippen molar-refractivity contribution in [2.75, 3.05) is 16.9 Å². The lowest BCUT2D eigenvalue weighted by molar-refractivity contribution is -0.126. The zero-order valence-electron chi connectivity index (χ0n) is 25.1. The lowest BCUT2D eigenvalue weighted by Crippen LogP contribution is -2.43. The molecular formula is C35H29BrCl2N2O6. The molecule has 236 valence electrons. The quantitative estimate of drug-likeness (QED) is 0.227. The Morgan fingerprint density at radius 2 is 1.35 bits per heavy atom. The number of aryl methyl sites for hydroxylation is 2. The van der Waals surface area contributed by atoms with E-state index in [4.69, 9.17) is 27.9 Å². The van der Waals surface area contributed by atoms with Crippen LogP contribution in [-0.2, 0) is 19.2 Å². The maximum absolute atomic E-state index is 14.4. The molecule has 46 heavy (non-hydrogen) atoms. The van der Waals surface area contributed by atoms with Gasteiger partial charge < -0.3 is 9.84 Å². The summed E-state index contributed by atoms with van der Waals surface area (Å²) in [6, 6.07) is 13.6. The molecule has 2 saturated heterocycles. The molecule has 2 aliphatic heterocycles. The highest BCUT2D eigenvalue weighted by molar-refractivity contribution is 9.10. The molecule has 3 aromatic rings. The van der Waals surface area contributed by atoms with Crippen LogP contribution in [0.2, 0.25) is 10.0 Å². The summed E-state index contributed by atoms with van der Waals surface area (Å²) in [5.41, 5.74) is 3.91. The molecule has 4 aliphatic rings. The number of aromatic hydroxyl groups is 1. The number of rotatable bonds is 4. The second kappa shape index (κ2) is 11.2. The average Bonchev–Trinajstić information content (AvgIpc) is 3.44. The number of halogens is 3. The van der Waals surface area contributed by atoms with Crippen molar-refractivity contribution in [2.45, 2.75) is 32.6 Å². The molecule has 4 amide bonds. The van der Waals surface area contributed by atoms with Gasteiger partial charge in [0, 0.05) is 16.0 Å². The van der Waals surface area contributed by atoms with Gasteiger partial charge in [-0.15, -0.1) is 0 Å². The van der Waals surface area contributed by atoms with Gasteiger partial charge in [0.05, 0.1) is 46.6 Å². The van der Waals surface area contributed by atoms with E-state index in [1.54, 1.807) is 48.5 Å². The van der Waals surface area contributed by atoms with Gasteiger partial charge in [0.1, 0.15) is 0 Å². The van der Waals surface area contributed by atoms with Gasteiger partial charge in [-0.2, -0.15) is 0 Å². The Bertz CT molecular complexity index is 1910. The van der Waals surface area contributed by atoms with Gasteiger partial charge in [-0.05, 0) is 102 Å². The van der Waals surface area contributed by atoms with Crippen LogP contribution in [0.3, 0.4) is 0 Å². The summed E-state index contributed by atoms with van der Waals surface area (Å²) >= 11 is 16.2. The summed E-state index contributed by atoms with van der Waals surface area (Å²) in [5.74, 6) is -5.26. The number of amides is 4. The van der Waals surface area contributed by atoms with E-state index >= 15 is 0 Å². The van der Waals surface area contributed by atoms with Crippen molar-refractivity contribution in [1.29, 1.82) is 0 Å². The van der Waals surface area contributed by atoms with E-state index in [2.05, 4.69) is 15.9 Å². The fraction of sp³-hybridized carbons (Fsp3) is 0.314. The molecule has 2 aliphatic carbocycles. The van der Waals surface area contributed by atoms with Crippen LogP contribution < -0.4 is 14.5 Å². The minimum atomic E-state index is -0.785. The number of fused-ring (bicyclic) bond motifs is 4. The monoisotopic (exact) mass is 722 g/mol. The fourth-order valence-electron chi connectivity index (χ4n) is 7.84. The van der Waals surface area contributed by atoms with E-state index < -0.39 is 35.5 Å². The van der Waals surface area contributed by atoms with E-state index in [9.17, 15) is 24.3 Å². The van der Waals surface area contributed by atoms with Gasteiger partial charge in [-0.3, -0.25) is 19.2 Å². The molecular weight excluding hydrogens is 695 g/mol. The number of carbonyl (C=O) groups is 4. The highest BCUT2D eigenvalue weighted by Gasteiger charge is 2.62. The Morgan fingerprint density at radius 3 is 1.91 bits per heavy atom. The third kappa shape index (κ3) is 4.53. The first-order valence-electron chi connectivity index (χ1n) is 15.0. The van der Waals surface area contributed by atoms with E-state index in [0.717, 1.165) is 16.7 Å². The SMILES string of the molecule is COc1cc([C@H]2C3=CC[C@@H]4C(=O)N(c5ccc(C)c(Cl)c5)C(=O)[C@@H]4[C@@H]3C[C@H]3C(=O)N(c4ccc(C)c(Cl)c4)C(=O)[C@@H]23)cc(Br)c1O. The van der Waals surface area contributed by atoms with Crippen molar-refractivity contribution in [3.8, 4) is 11.5 Å². The van der Waals surface area contributed by atoms with Crippen LogP contribution in [0.25, 0.3) is 0 Å². The molecule has 7 rings (SSSR count). The normalized spacial score (nSPS) is 27.0. The minimum Gasteiger partial charge on any atom is -0.503 e. The lowest BCUT2D eigenvalue weighted by Gasteiger charge is -2.44. The Balaban J connectivity index is 1.36. The van der Waals surface area contributed by atoms with Crippen LogP contribution in [0, 0.1) is 43.4 Å². The van der Waals surface area contributed by atoms with Gasteiger partial charge in [-0.1, -0.05) is 47.0 Å². The highest BCUT2D eigenvalue weighted by Crippen LogP contribution is 2.59. The topological polar surface area (TPSA) is 104 Å². The summed E-state index contributed by atoms with van der Waals surface area (Å²) in [6.07, 6.45) is 2.51. The van der Waals surface area contributed by atoms with E-state index in [1.165, 1.54) is 16.9 Å². The van der Waals surface area contributed by atoms with Crippen LogP contribution in [-0.4, -0.2) is 35.8 Å². The zero-order valence-corrected chi connectivity index (χ0v) is 28.2. The maximum atomic E-state index is 14.4. The number of phenolic OH excluding ortho intramolecular Hbond substituents is 1. The molecule has 0 unspecified atom stereocenters. The van der Waals surface area contributed by atoms with Gasteiger partial charge in [0.15, 0.2) is 11.5 Å². The molecule has 2 heterocycles. The Morgan fingerprint density at radius 1 is 0.783 bits per heavy atom. The second-order valence-corrected chi connectivity index (χ2v) is 14.1. The second-order valence-electron chi connectivity index (χ2n) is 12.5. The van der Waals surface area contributed by atoms with Crippen molar-refractivity contribution in [2.24, 2.45) is 29.6 Å². The Hall–Kier alpha value is -3.66. The number of anilines is 2. The summed E-state index contributed by atoms with van der Waals surface area (Å²) in [5, 5.41) is 11.5. The first kappa shape index (κ1) is 31.0. The third-order valence-electron chi connectivity index (χ3n) is 10.1. The number of ether oxygens (including phenoxy) is 1. The smallest absolute Gasteiger partial charge is 0.238 e. The minimum absolute atomic E-state index is 0.0958. The van der Waals surface area contributed by atoms with Crippen molar-refractivity contribution < 1.29 is 29.0 Å². The molecule has 0 bridgehead atoms. The molecule has 0 radical (unpaired) electrons. The predicted molar refractivity (Wildman–Crippen MR) is 177 cm³/mol. The molecule has 6 atom stereocenters. The number of hydrogen-bond acceptors (Lipinski definition) is 6. The van der Waals surface area contributed by atoms with Crippen LogP contribution in [0.5, 0.6) is 11.5 Å². The van der Waals surface area contributed by atoms with E-state index in [1.807, 2.05) is 19.9 Å². The molecule has 0 aromatic heterocycles. The predicted octanol–water partition coefficient (Wildman–Crippen LogP) is 7.13. The third-order valence-corrected chi connectivity index (χ3v) is 11.5. The zero-order chi connectivity index (χ0) is 32.8. The van der Waals surface area contributed by atoms with Gasteiger partial charge in [0.2, 0.25) is 23.6 Å². The Labute approximate surface area is 284 Å². The number of methoxy groups -OCH3 is 1. The number of allylic oxidation sites excluding steroid dienone is 2. The van der Waals surface area contributed by atoms with E-state index in [-0.39, 0.29) is 41.5 Å². The number of imide groups is 2. The lowest BCUT2D eigenvalue weighted by atomic mass is 9.57. The summed E-state index contributed by atoms with van der Waals surface area (Å²) < 4.78 is 5.82. The first-order chi connectivity index (χ1) is 21.9. The standard InChI is InChI=1S/C35H29BrCl2N2O6/c1-15-4-6-18(12-25(15)37)39-32(42)21-9-8-20-22(29(21)34(39)44)14-23-30(28(20)17-10-24(36)31(41)27(11-17)46-3)35(45)40(33(23)43)19-7-5-16(2)26(38)13-19/h4-8,10-13,21-23,28-30,41H,9,14H2,1-3H3/t21-,22+,23+,28-,29-,30+/m0/s1. The maximum Gasteiger partial charge on any atom is 0.238 e. The van der Waals surface area contributed by atoms with Crippen molar-refractivity contribution in [3.05, 3.63) is 91.4 Å².